The van der Waals surface area contributed by atoms with E-state index in [4.69, 9.17) is 0 Å². The monoisotopic (exact) mass is 311 g/mol. The average Bonchev–Trinajstić information content (AvgIpc) is 2.38. The van der Waals surface area contributed by atoms with Gasteiger partial charge in [-0.2, -0.15) is 0 Å². The molecule has 1 rings (SSSR count). The summed E-state index contributed by atoms with van der Waals surface area (Å²) in [5.74, 6) is -0.0628. The molecule has 1 atom stereocenters. The molecule has 0 saturated carbocycles. The van der Waals surface area contributed by atoms with Crippen LogP contribution in [0.4, 0.5) is 5.69 Å². The fourth-order valence-corrected chi connectivity index (χ4v) is 2.85. The Morgan fingerprint density at radius 3 is 2.19 bits per heavy atom. The highest BCUT2D eigenvalue weighted by Gasteiger charge is 2.17. The molecule has 0 aliphatic heterocycles. The van der Waals surface area contributed by atoms with Gasteiger partial charge in [-0.3, -0.25) is 0 Å². The Bertz CT molecular complexity index is 551. The van der Waals surface area contributed by atoms with Gasteiger partial charge in [0, 0.05) is 32.4 Å². The zero-order valence-corrected chi connectivity index (χ0v) is 14.0. The van der Waals surface area contributed by atoms with Crippen LogP contribution in [0.5, 0.6) is 0 Å². The van der Waals surface area contributed by atoms with Crippen molar-refractivity contribution in [2.75, 3.05) is 45.4 Å². The van der Waals surface area contributed by atoms with Gasteiger partial charge >= 0.3 is 0 Å². The number of likely N-dealkylation sites (N-methyl/N-ethyl adjacent to an activating group) is 1. The molecule has 0 aliphatic carbocycles. The molecule has 0 fully saturated rings. The maximum absolute atomic E-state index is 11.7. The van der Waals surface area contributed by atoms with E-state index in [1.54, 1.807) is 0 Å². The molecule has 6 heteroatoms. The Hall–Kier alpha value is -1.37. The summed E-state index contributed by atoms with van der Waals surface area (Å²) in [6, 6.07) is 8.11. The van der Waals surface area contributed by atoms with Gasteiger partial charge in [-0.1, -0.05) is 18.2 Å². The second-order valence-electron chi connectivity index (χ2n) is 5.38. The van der Waals surface area contributed by atoms with E-state index in [-0.39, 0.29) is 11.8 Å². The molecule has 1 aromatic carbocycles. The van der Waals surface area contributed by atoms with Crippen LogP contribution in [0.3, 0.4) is 0 Å². The Labute approximate surface area is 128 Å². The number of sulfonamides is 1. The number of nitrogens with one attached hydrogen (secondary N) is 1. The minimum atomic E-state index is -3.29. The van der Waals surface area contributed by atoms with Crippen molar-refractivity contribution in [3.63, 3.8) is 0 Å². The lowest BCUT2D eigenvalue weighted by molar-refractivity contribution is 0.299. The van der Waals surface area contributed by atoms with Gasteiger partial charge in [0.25, 0.3) is 0 Å². The zero-order chi connectivity index (χ0) is 16.0. The van der Waals surface area contributed by atoms with Crippen LogP contribution in [0.25, 0.3) is 0 Å². The van der Waals surface area contributed by atoms with E-state index >= 15 is 0 Å². The van der Waals surface area contributed by atoms with Crippen molar-refractivity contribution < 1.29 is 8.42 Å². The summed E-state index contributed by atoms with van der Waals surface area (Å²) >= 11 is 0. The van der Waals surface area contributed by atoms with Crippen LogP contribution in [0.2, 0.25) is 0 Å². The molecule has 5 nitrogen and oxygen atoms in total. The van der Waals surface area contributed by atoms with Crippen molar-refractivity contribution in [2.45, 2.75) is 6.04 Å². The summed E-state index contributed by atoms with van der Waals surface area (Å²) in [6.07, 6.45) is 1.39. The molecule has 0 aromatic heterocycles. The van der Waals surface area contributed by atoms with Crippen LogP contribution in [-0.4, -0.2) is 53.8 Å². The summed E-state index contributed by atoms with van der Waals surface area (Å²) in [5, 5.41) is 0. The van der Waals surface area contributed by atoms with Crippen LogP contribution >= 0.6 is 0 Å². The van der Waals surface area contributed by atoms with E-state index in [2.05, 4.69) is 11.3 Å². The molecule has 0 heterocycles. The number of rotatable bonds is 8. The molecule has 0 bridgehead atoms. The fraction of sp³-hybridized carbons (Fsp3) is 0.467. The first-order valence-corrected chi connectivity index (χ1v) is 8.44. The largest absolute Gasteiger partial charge is 0.378 e. The standard InChI is InChI=1S/C15H25N3O2S/c1-6-11-21(19,20)16-12-15(18(4)5)13-7-9-14(10-8-13)17(2)3/h6-10,15-16H,1,11-12H2,2-5H3/t15-/m1/s1. The Morgan fingerprint density at radius 1 is 1.19 bits per heavy atom. The highest BCUT2D eigenvalue weighted by atomic mass is 32.2. The van der Waals surface area contributed by atoms with Crippen molar-refractivity contribution in [1.82, 2.24) is 9.62 Å². The van der Waals surface area contributed by atoms with Crippen LogP contribution in [0.1, 0.15) is 11.6 Å². The zero-order valence-electron chi connectivity index (χ0n) is 13.2. The van der Waals surface area contributed by atoms with Gasteiger partial charge in [-0.05, 0) is 31.8 Å². The molecule has 0 amide bonds. The van der Waals surface area contributed by atoms with Gasteiger partial charge < -0.3 is 9.80 Å². The predicted molar refractivity (Wildman–Crippen MR) is 89.2 cm³/mol. The Balaban J connectivity index is 2.85. The van der Waals surface area contributed by atoms with E-state index in [0.717, 1.165) is 11.3 Å². The van der Waals surface area contributed by atoms with Crippen molar-refractivity contribution in [2.24, 2.45) is 0 Å². The van der Waals surface area contributed by atoms with E-state index in [1.807, 2.05) is 62.3 Å². The van der Waals surface area contributed by atoms with Gasteiger partial charge in [-0.15, -0.1) is 6.58 Å². The summed E-state index contributed by atoms with van der Waals surface area (Å²) < 4.78 is 26.1. The minimum absolute atomic E-state index is 0.0131. The molecule has 0 unspecified atom stereocenters. The van der Waals surface area contributed by atoms with Crippen molar-refractivity contribution >= 4 is 15.7 Å². The maximum atomic E-state index is 11.7. The van der Waals surface area contributed by atoms with Gasteiger partial charge in [0.2, 0.25) is 10.0 Å². The molecular formula is C15H25N3O2S. The number of benzene rings is 1. The first-order chi connectivity index (χ1) is 9.76. The third kappa shape index (κ3) is 5.49. The van der Waals surface area contributed by atoms with Crippen LogP contribution in [0, 0.1) is 0 Å². The van der Waals surface area contributed by atoms with Crippen molar-refractivity contribution in [3.8, 4) is 0 Å². The summed E-state index contributed by atoms with van der Waals surface area (Å²) in [5.41, 5.74) is 2.19. The van der Waals surface area contributed by atoms with Gasteiger partial charge in [0.15, 0.2) is 0 Å². The van der Waals surface area contributed by atoms with Crippen LogP contribution in [0.15, 0.2) is 36.9 Å². The van der Waals surface area contributed by atoms with Gasteiger partial charge in [-0.25, -0.2) is 13.1 Å². The minimum Gasteiger partial charge on any atom is -0.378 e. The fourth-order valence-electron chi connectivity index (χ4n) is 2.01. The molecule has 21 heavy (non-hydrogen) atoms. The number of anilines is 1. The molecule has 0 spiro atoms. The van der Waals surface area contributed by atoms with Crippen molar-refractivity contribution in [3.05, 3.63) is 42.5 Å². The molecule has 0 saturated heterocycles. The highest BCUT2D eigenvalue weighted by Crippen LogP contribution is 2.21. The SMILES string of the molecule is C=CCS(=O)(=O)NC[C@H](c1ccc(N(C)C)cc1)N(C)C. The Morgan fingerprint density at radius 2 is 1.76 bits per heavy atom. The molecule has 0 radical (unpaired) electrons. The first kappa shape index (κ1) is 17.7. The number of nitrogens with zero attached hydrogens (tertiary/aromatic N) is 2. The maximum Gasteiger partial charge on any atom is 0.215 e. The molecule has 118 valence electrons. The highest BCUT2D eigenvalue weighted by molar-refractivity contribution is 7.89. The summed E-state index contributed by atoms with van der Waals surface area (Å²) in [6.45, 7) is 3.80. The van der Waals surface area contributed by atoms with Crippen molar-refractivity contribution in [1.29, 1.82) is 0 Å². The summed E-state index contributed by atoms with van der Waals surface area (Å²) in [7, 11) is 4.56. The van der Waals surface area contributed by atoms with Crippen LogP contribution < -0.4 is 9.62 Å². The van der Waals surface area contributed by atoms with E-state index in [1.165, 1.54) is 6.08 Å². The van der Waals surface area contributed by atoms with E-state index in [9.17, 15) is 8.42 Å². The second kappa shape index (κ2) is 7.59. The number of hydrogen-bond acceptors (Lipinski definition) is 4. The summed E-state index contributed by atoms with van der Waals surface area (Å²) in [4.78, 5) is 4.03. The molecular weight excluding hydrogens is 286 g/mol. The normalized spacial score (nSPS) is 13.2. The lowest BCUT2D eigenvalue weighted by Crippen LogP contribution is -2.35. The third-order valence-electron chi connectivity index (χ3n) is 3.25. The van der Waals surface area contributed by atoms with Gasteiger partial charge in [0.1, 0.15) is 0 Å². The molecule has 1 N–H and O–H groups in total. The van der Waals surface area contributed by atoms with E-state index < -0.39 is 10.0 Å². The smallest absolute Gasteiger partial charge is 0.215 e. The lowest BCUT2D eigenvalue weighted by Gasteiger charge is -2.25. The topological polar surface area (TPSA) is 52.7 Å². The molecule has 1 aromatic rings. The average molecular weight is 311 g/mol. The first-order valence-electron chi connectivity index (χ1n) is 6.79. The quantitative estimate of drug-likeness (QED) is 0.739. The van der Waals surface area contributed by atoms with E-state index in [0.29, 0.717) is 6.54 Å². The van der Waals surface area contributed by atoms with Crippen LogP contribution in [-0.2, 0) is 10.0 Å². The predicted octanol–water partition coefficient (Wildman–Crippen LogP) is 1.46. The third-order valence-corrected chi connectivity index (χ3v) is 4.53. The second-order valence-corrected chi connectivity index (χ2v) is 7.24. The molecule has 0 aliphatic rings. The lowest BCUT2D eigenvalue weighted by atomic mass is 10.1. The van der Waals surface area contributed by atoms with Gasteiger partial charge in [0.05, 0.1) is 5.75 Å². The number of hydrogen-bond donors (Lipinski definition) is 1. The Kier molecular flexibility index (Phi) is 6.39.